The Kier molecular flexibility index (Phi) is 4.93. The van der Waals surface area contributed by atoms with Crippen LogP contribution in [0.4, 0.5) is 0 Å². The molecule has 3 rings (SSSR count). The first kappa shape index (κ1) is 12.8. The fraction of sp³-hybridized carbons (Fsp3) is 0.214. The second-order valence-electron chi connectivity index (χ2n) is 3.83. The van der Waals surface area contributed by atoms with Gasteiger partial charge in [-0.2, -0.15) is 0 Å². The Balaban J connectivity index is 0.000000136. The highest BCUT2D eigenvalue weighted by atomic mass is 32.1. The molecule has 0 radical (unpaired) electrons. The lowest BCUT2D eigenvalue weighted by Crippen LogP contribution is -1.87. The molecule has 2 heterocycles. The van der Waals surface area contributed by atoms with E-state index in [1.54, 1.807) is 17.5 Å². The summed E-state index contributed by atoms with van der Waals surface area (Å²) in [5, 5.41) is 10.5. The minimum absolute atomic E-state index is 0.287. The SMILES string of the molecule is OCCCc1ccccc1.c1cn2ccsc2n1. The summed E-state index contributed by atoms with van der Waals surface area (Å²) in [5.41, 5.74) is 1.30. The van der Waals surface area contributed by atoms with Crippen molar-refractivity contribution >= 4 is 16.3 Å². The average Bonchev–Trinajstić information content (AvgIpc) is 3.01. The standard InChI is InChI=1S/C9H12O.C5H4N2S/c10-8-4-7-9-5-2-1-3-6-9;1-2-7-3-4-8-5(7)6-1/h1-3,5-6,10H,4,7-8H2;1-4H. The Morgan fingerprint density at radius 1 is 1.17 bits per heavy atom. The van der Waals surface area contributed by atoms with E-state index in [2.05, 4.69) is 17.1 Å². The van der Waals surface area contributed by atoms with Gasteiger partial charge in [0.25, 0.3) is 0 Å². The van der Waals surface area contributed by atoms with Crippen LogP contribution in [0.1, 0.15) is 12.0 Å². The number of hydrogen-bond acceptors (Lipinski definition) is 3. The molecule has 1 N–H and O–H groups in total. The average molecular weight is 260 g/mol. The number of benzene rings is 1. The van der Waals surface area contributed by atoms with Crippen LogP contribution in [0, 0.1) is 0 Å². The number of rotatable bonds is 3. The minimum Gasteiger partial charge on any atom is -0.396 e. The lowest BCUT2D eigenvalue weighted by atomic mass is 10.1. The van der Waals surface area contributed by atoms with E-state index < -0.39 is 0 Å². The Hall–Kier alpha value is -1.65. The second-order valence-corrected chi connectivity index (χ2v) is 4.71. The summed E-state index contributed by atoms with van der Waals surface area (Å²) in [7, 11) is 0. The van der Waals surface area contributed by atoms with Gasteiger partial charge in [-0.15, -0.1) is 11.3 Å². The van der Waals surface area contributed by atoms with E-state index in [0.29, 0.717) is 0 Å². The summed E-state index contributed by atoms with van der Waals surface area (Å²) in [4.78, 5) is 5.12. The van der Waals surface area contributed by atoms with Crippen LogP contribution in [0.15, 0.2) is 54.3 Å². The predicted molar refractivity (Wildman–Crippen MR) is 74.9 cm³/mol. The van der Waals surface area contributed by atoms with Gasteiger partial charge >= 0.3 is 0 Å². The van der Waals surface area contributed by atoms with Gasteiger partial charge < -0.3 is 5.11 Å². The number of hydrogen-bond donors (Lipinski definition) is 1. The number of imidazole rings is 1. The number of aliphatic hydroxyl groups excluding tert-OH is 1. The van der Waals surface area contributed by atoms with Crippen molar-refractivity contribution in [3.8, 4) is 0 Å². The number of aromatic nitrogens is 2. The molecule has 0 unspecified atom stereocenters. The smallest absolute Gasteiger partial charge is 0.193 e. The predicted octanol–water partition coefficient (Wildman–Crippen LogP) is 3.01. The molecule has 0 aliphatic rings. The van der Waals surface area contributed by atoms with Gasteiger partial charge in [0.05, 0.1) is 0 Å². The van der Waals surface area contributed by atoms with E-state index in [1.165, 1.54) is 5.56 Å². The molecule has 0 aliphatic carbocycles. The number of fused-ring (bicyclic) bond motifs is 1. The molecule has 0 saturated carbocycles. The molecule has 0 fully saturated rings. The van der Waals surface area contributed by atoms with Crippen molar-refractivity contribution < 1.29 is 5.11 Å². The lowest BCUT2D eigenvalue weighted by molar-refractivity contribution is 0.288. The zero-order valence-electron chi connectivity index (χ0n) is 10.1. The van der Waals surface area contributed by atoms with Crippen LogP contribution < -0.4 is 0 Å². The first-order valence-electron chi connectivity index (χ1n) is 5.91. The van der Waals surface area contributed by atoms with E-state index >= 15 is 0 Å². The summed E-state index contributed by atoms with van der Waals surface area (Å²) < 4.78 is 1.99. The Morgan fingerprint density at radius 3 is 2.72 bits per heavy atom. The molecule has 0 atom stereocenters. The van der Waals surface area contributed by atoms with Gasteiger partial charge in [-0.05, 0) is 18.4 Å². The van der Waals surface area contributed by atoms with E-state index in [0.717, 1.165) is 17.8 Å². The molecule has 0 amide bonds. The first-order valence-corrected chi connectivity index (χ1v) is 6.79. The van der Waals surface area contributed by atoms with Gasteiger partial charge in [-0.1, -0.05) is 30.3 Å². The van der Waals surface area contributed by atoms with Crippen LogP contribution in [0.2, 0.25) is 0 Å². The maximum absolute atomic E-state index is 8.53. The van der Waals surface area contributed by atoms with Crippen molar-refractivity contribution in [3.63, 3.8) is 0 Å². The van der Waals surface area contributed by atoms with Crippen LogP contribution in [0.25, 0.3) is 4.96 Å². The van der Waals surface area contributed by atoms with Gasteiger partial charge in [0.15, 0.2) is 4.96 Å². The molecule has 0 saturated heterocycles. The maximum Gasteiger partial charge on any atom is 0.193 e. The normalized spacial score (nSPS) is 10.1. The summed E-state index contributed by atoms with van der Waals surface area (Å²) in [5.74, 6) is 0. The third-order valence-corrected chi connectivity index (χ3v) is 3.28. The third kappa shape index (κ3) is 3.68. The highest BCUT2D eigenvalue weighted by molar-refractivity contribution is 7.15. The molecule has 3 nitrogen and oxygen atoms in total. The molecule has 0 bridgehead atoms. The van der Waals surface area contributed by atoms with E-state index in [4.69, 9.17) is 5.11 Å². The van der Waals surface area contributed by atoms with Crippen molar-refractivity contribution in [2.75, 3.05) is 6.61 Å². The Morgan fingerprint density at radius 2 is 2.00 bits per heavy atom. The number of nitrogens with zero attached hydrogens (tertiary/aromatic N) is 2. The summed E-state index contributed by atoms with van der Waals surface area (Å²) in [6, 6.07) is 10.2. The molecule has 4 heteroatoms. The van der Waals surface area contributed by atoms with Gasteiger partial charge in [0.1, 0.15) is 0 Å². The number of thiazole rings is 1. The van der Waals surface area contributed by atoms with Crippen molar-refractivity contribution in [2.45, 2.75) is 12.8 Å². The molecule has 0 aliphatic heterocycles. The maximum atomic E-state index is 8.53. The van der Waals surface area contributed by atoms with Crippen LogP contribution in [0.3, 0.4) is 0 Å². The van der Waals surface area contributed by atoms with Crippen LogP contribution >= 0.6 is 11.3 Å². The molecule has 18 heavy (non-hydrogen) atoms. The second kappa shape index (κ2) is 6.93. The molecule has 1 aromatic carbocycles. The molecular weight excluding hydrogens is 244 g/mol. The van der Waals surface area contributed by atoms with Crippen molar-refractivity contribution in [1.82, 2.24) is 9.38 Å². The number of aliphatic hydroxyl groups is 1. The van der Waals surface area contributed by atoms with E-state index in [9.17, 15) is 0 Å². The van der Waals surface area contributed by atoms with Crippen molar-refractivity contribution in [2.24, 2.45) is 0 Å². The zero-order chi connectivity index (χ0) is 12.6. The monoisotopic (exact) mass is 260 g/mol. The largest absolute Gasteiger partial charge is 0.396 e. The third-order valence-electron chi connectivity index (χ3n) is 2.49. The van der Waals surface area contributed by atoms with Crippen molar-refractivity contribution in [1.29, 1.82) is 0 Å². The summed E-state index contributed by atoms with van der Waals surface area (Å²) in [6.07, 6.45) is 7.58. The highest BCUT2D eigenvalue weighted by Crippen LogP contribution is 2.06. The molecule has 0 spiro atoms. The van der Waals surface area contributed by atoms with Gasteiger partial charge in [0.2, 0.25) is 0 Å². The van der Waals surface area contributed by atoms with Gasteiger partial charge in [-0.25, -0.2) is 4.98 Å². The fourth-order valence-corrected chi connectivity index (χ4v) is 2.27. The van der Waals surface area contributed by atoms with Gasteiger partial charge in [-0.3, -0.25) is 4.40 Å². The lowest BCUT2D eigenvalue weighted by Gasteiger charge is -1.96. The molecule has 2 aromatic heterocycles. The van der Waals surface area contributed by atoms with E-state index in [-0.39, 0.29) is 6.61 Å². The van der Waals surface area contributed by atoms with Crippen LogP contribution in [0.5, 0.6) is 0 Å². The first-order chi connectivity index (χ1) is 8.90. The highest BCUT2D eigenvalue weighted by Gasteiger charge is 1.89. The quantitative estimate of drug-likeness (QED) is 0.786. The fourth-order valence-electron chi connectivity index (χ4n) is 1.59. The van der Waals surface area contributed by atoms with E-state index in [1.807, 2.05) is 40.4 Å². The zero-order valence-corrected chi connectivity index (χ0v) is 10.9. The van der Waals surface area contributed by atoms with Crippen LogP contribution in [-0.4, -0.2) is 21.1 Å². The Labute approximate surface area is 110 Å². The van der Waals surface area contributed by atoms with Gasteiger partial charge in [0, 0.05) is 30.6 Å². The Bertz CT molecular complexity index is 508. The summed E-state index contributed by atoms with van der Waals surface area (Å²) >= 11 is 1.65. The molecular formula is C14H16N2OS. The topological polar surface area (TPSA) is 37.5 Å². The van der Waals surface area contributed by atoms with Crippen LogP contribution in [-0.2, 0) is 6.42 Å². The molecule has 3 aromatic rings. The minimum atomic E-state index is 0.287. The van der Waals surface area contributed by atoms with Crippen molar-refractivity contribution in [3.05, 3.63) is 59.9 Å². The summed E-state index contributed by atoms with van der Waals surface area (Å²) in [6.45, 7) is 0.287. The number of aryl methyl sites for hydroxylation is 1. The molecule has 94 valence electrons.